The molecule has 4 rings (SSSR count). The van der Waals surface area contributed by atoms with Gasteiger partial charge in [0.2, 0.25) is 10.0 Å². The van der Waals surface area contributed by atoms with Gasteiger partial charge >= 0.3 is 0 Å². The largest absolute Gasteiger partial charge is 0.331 e. The molecular weight excluding hydrogens is 384 g/mol. The molecule has 1 aliphatic rings. The minimum absolute atomic E-state index is 0.175. The van der Waals surface area contributed by atoms with Crippen LogP contribution in [0.15, 0.2) is 43.0 Å². The molecule has 0 saturated heterocycles. The second kappa shape index (κ2) is 7.88. The lowest BCUT2D eigenvalue weighted by atomic mass is 10.0. The zero-order chi connectivity index (χ0) is 20.6. The average molecular weight is 413 g/mol. The van der Waals surface area contributed by atoms with Gasteiger partial charge < -0.3 is 4.57 Å². The zero-order valence-electron chi connectivity index (χ0n) is 17.2. The first-order chi connectivity index (χ1) is 13.9. The highest BCUT2D eigenvalue weighted by Crippen LogP contribution is 2.31. The molecule has 0 unspecified atom stereocenters. The van der Waals surface area contributed by atoms with Gasteiger partial charge in [-0.1, -0.05) is 13.8 Å². The fourth-order valence-electron chi connectivity index (χ4n) is 3.71. The highest BCUT2D eigenvalue weighted by atomic mass is 32.2. The van der Waals surface area contributed by atoms with E-state index >= 15 is 0 Å². The molecule has 1 aliphatic carbocycles. The average Bonchev–Trinajstić information content (AvgIpc) is 3.51. The van der Waals surface area contributed by atoms with Gasteiger partial charge in [0.25, 0.3) is 0 Å². The third-order valence-electron chi connectivity index (χ3n) is 5.47. The Hall–Kier alpha value is -2.25. The quantitative estimate of drug-likeness (QED) is 0.565. The van der Waals surface area contributed by atoms with Crippen LogP contribution in [0.1, 0.15) is 32.3 Å². The predicted molar refractivity (Wildman–Crippen MR) is 116 cm³/mol. The SMILES string of the molecule is CC(C)Cc1cn(CCN(C)S(=O)(=O)C2CC2)c2ncc(-c3ccncc3)cc12. The molecule has 0 N–H and O–H groups in total. The molecule has 0 spiro atoms. The molecule has 3 aromatic heterocycles. The summed E-state index contributed by atoms with van der Waals surface area (Å²) in [7, 11) is -1.47. The molecule has 0 amide bonds. The van der Waals surface area contributed by atoms with Crippen LogP contribution >= 0.6 is 0 Å². The topological polar surface area (TPSA) is 68.1 Å². The van der Waals surface area contributed by atoms with Gasteiger partial charge in [0, 0.05) is 55.9 Å². The van der Waals surface area contributed by atoms with E-state index < -0.39 is 10.0 Å². The summed E-state index contributed by atoms with van der Waals surface area (Å²) in [5, 5.41) is 0.965. The Kier molecular flexibility index (Phi) is 5.44. The Morgan fingerprint density at radius 1 is 1.21 bits per heavy atom. The van der Waals surface area contributed by atoms with E-state index in [0.717, 1.165) is 41.4 Å². The molecular formula is C22H28N4O2S. The summed E-state index contributed by atoms with van der Waals surface area (Å²) in [5.41, 5.74) is 4.32. The van der Waals surface area contributed by atoms with Crippen molar-refractivity contribution >= 4 is 21.1 Å². The minimum atomic E-state index is -3.15. The van der Waals surface area contributed by atoms with Crippen LogP contribution in [0.4, 0.5) is 0 Å². The number of pyridine rings is 2. The molecule has 7 heteroatoms. The summed E-state index contributed by atoms with van der Waals surface area (Å²) >= 11 is 0. The third-order valence-corrected chi connectivity index (χ3v) is 7.84. The van der Waals surface area contributed by atoms with E-state index in [9.17, 15) is 8.42 Å². The second-order valence-corrected chi connectivity index (χ2v) is 10.7. The summed E-state index contributed by atoms with van der Waals surface area (Å²) in [6.07, 6.45) is 10.1. The summed E-state index contributed by atoms with van der Waals surface area (Å²) in [6.45, 7) is 5.47. The number of hydrogen-bond donors (Lipinski definition) is 0. The van der Waals surface area contributed by atoms with Crippen molar-refractivity contribution in [3.63, 3.8) is 0 Å². The smallest absolute Gasteiger partial charge is 0.216 e. The molecule has 29 heavy (non-hydrogen) atoms. The number of aromatic nitrogens is 3. The van der Waals surface area contributed by atoms with E-state index in [1.807, 2.05) is 18.3 Å². The van der Waals surface area contributed by atoms with Crippen molar-refractivity contribution in [3.8, 4) is 11.1 Å². The van der Waals surface area contributed by atoms with Gasteiger partial charge in [-0.05, 0) is 54.5 Å². The molecule has 1 fully saturated rings. The minimum Gasteiger partial charge on any atom is -0.331 e. The van der Waals surface area contributed by atoms with Crippen LogP contribution in [0.3, 0.4) is 0 Å². The van der Waals surface area contributed by atoms with Gasteiger partial charge in [-0.25, -0.2) is 17.7 Å². The molecule has 0 aliphatic heterocycles. The molecule has 154 valence electrons. The maximum atomic E-state index is 12.4. The van der Waals surface area contributed by atoms with Crippen LogP contribution in [-0.2, 0) is 23.0 Å². The molecule has 1 saturated carbocycles. The Morgan fingerprint density at radius 2 is 1.93 bits per heavy atom. The number of hydrogen-bond acceptors (Lipinski definition) is 4. The van der Waals surface area contributed by atoms with E-state index in [1.165, 1.54) is 9.87 Å². The highest BCUT2D eigenvalue weighted by molar-refractivity contribution is 7.90. The van der Waals surface area contributed by atoms with Gasteiger partial charge in [-0.2, -0.15) is 0 Å². The molecule has 0 radical (unpaired) electrons. The molecule has 0 atom stereocenters. The third kappa shape index (κ3) is 4.21. The maximum absolute atomic E-state index is 12.4. The van der Waals surface area contributed by atoms with Gasteiger partial charge in [0.1, 0.15) is 5.65 Å². The Balaban J connectivity index is 1.65. The standard InChI is InChI=1S/C22H28N4O2S/c1-16(2)12-19-15-26(11-10-25(3)29(27,28)20-4-5-20)22-21(19)13-18(14-24-22)17-6-8-23-9-7-17/h6-9,13-16,20H,4-5,10-12H2,1-3H3. The first-order valence-corrected chi connectivity index (χ1v) is 11.7. The van der Waals surface area contributed by atoms with E-state index in [2.05, 4.69) is 35.7 Å². The molecule has 6 nitrogen and oxygen atoms in total. The first-order valence-electron chi connectivity index (χ1n) is 10.2. The van der Waals surface area contributed by atoms with E-state index in [0.29, 0.717) is 19.0 Å². The summed E-state index contributed by atoms with van der Waals surface area (Å²) in [6, 6.07) is 6.16. The van der Waals surface area contributed by atoms with Crippen LogP contribution in [0.2, 0.25) is 0 Å². The van der Waals surface area contributed by atoms with Crippen molar-refractivity contribution in [1.82, 2.24) is 18.8 Å². The Morgan fingerprint density at radius 3 is 2.59 bits per heavy atom. The van der Waals surface area contributed by atoms with Crippen molar-refractivity contribution in [2.24, 2.45) is 5.92 Å². The van der Waals surface area contributed by atoms with Gasteiger partial charge in [0.05, 0.1) is 5.25 Å². The Bertz CT molecular complexity index is 1100. The van der Waals surface area contributed by atoms with Gasteiger partial charge in [-0.3, -0.25) is 4.98 Å². The van der Waals surface area contributed by atoms with Crippen molar-refractivity contribution in [1.29, 1.82) is 0 Å². The van der Waals surface area contributed by atoms with E-state index in [1.54, 1.807) is 19.4 Å². The van der Waals surface area contributed by atoms with Crippen molar-refractivity contribution in [2.75, 3.05) is 13.6 Å². The summed E-state index contributed by atoms with van der Waals surface area (Å²) < 4.78 is 28.5. The maximum Gasteiger partial charge on any atom is 0.216 e. The Labute approximate surface area is 172 Å². The predicted octanol–water partition coefficient (Wildman–Crippen LogP) is 3.72. The lowest BCUT2D eigenvalue weighted by molar-refractivity contribution is 0.447. The number of rotatable bonds is 8. The van der Waals surface area contributed by atoms with Gasteiger partial charge in [-0.15, -0.1) is 0 Å². The van der Waals surface area contributed by atoms with Crippen molar-refractivity contribution in [3.05, 3.63) is 48.5 Å². The lowest BCUT2D eigenvalue weighted by Crippen LogP contribution is -2.32. The number of sulfonamides is 1. The van der Waals surface area contributed by atoms with Crippen LogP contribution in [0.25, 0.3) is 22.2 Å². The number of nitrogens with zero attached hydrogens (tertiary/aromatic N) is 4. The van der Waals surface area contributed by atoms with Crippen molar-refractivity contribution in [2.45, 2.75) is 44.9 Å². The van der Waals surface area contributed by atoms with Crippen molar-refractivity contribution < 1.29 is 8.42 Å². The van der Waals surface area contributed by atoms with Crippen LogP contribution in [0.5, 0.6) is 0 Å². The molecule has 3 aromatic rings. The van der Waals surface area contributed by atoms with E-state index in [4.69, 9.17) is 4.98 Å². The zero-order valence-corrected chi connectivity index (χ0v) is 18.1. The second-order valence-electron chi connectivity index (χ2n) is 8.34. The summed E-state index contributed by atoms with van der Waals surface area (Å²) in [5.74, 6) is 0.525. The van der Waals surface area contributed by atoms with E-state index in [-0.39, 0.29) is 5.25 Å². The molecule has 0 aromatic carbocycles. The lowest BCUT2D eigenvalue weighted by Gasteiger charge is -2.17. The fourth-order valence-corrected chi connectivity index (χ4v) is 5.29. The van der Waals surface area contributed by atoms with Crippen LogP contribution < -0.4 is 0 Å². The normalized spacial score (nSPS) is 14.9. The molecule has 3 heterocycles. The van der Waals surface area contributed by atoms with Crippen LogP contribution in [-0.4, -0.2) is 46.1 Å². The number of likely N-dealkylation sites (N-methyl/N-ethyl adjacent to an activating group) is 1. The monoisotopic (exact) mass is 412 g/mol. The fraction of sp³-hybridized carbons (Fsp3) is 0.455. The van der Waals surface area contributed by atoms with Gasteiger partial charge in [0.15, 0.2) is 0 Å². The molecule has 0 bridgehead atoms. The summed E-state index contributed by atoms with van der Waals surface area (Å²) in [4.78, 5) is 8.84. The van der Waals surface area contributed by atoms with Crippen LogP contribution in [0, 0.1) is 5.92 Å². The highest BCUT2D eigenvalue weighted by Gasteiger charge is 2.38. The number of fused-ring (bicyclic) bond motifs is 1. The first kappa shape index (κ1) is 20.0.